The number of ketones is 2. The van der Waals surface area contributed by atoms with Crippen molar-refractivity contribution < 1.29 is 9.59 Å². The van der Waals surface area contributed by atoms with Crippen LogP contribution in [0.1, 0.15) is 28.2 Å². The minimum absolute atomic E-state index is 0.109. The molecule has 6 aromatic rings. The number of fused-ring (bicyclic) bond motifs is 2. The van der Waals surface area contributed by atoms with Crippen molar-refractivity contribution in [3.63, 3.8) is 0 Å². The molecule has 0 aliphatic carbocycles. The zero-order valence-electron chi connectivity index (χ0n) is 23.0. The summed E-state index contributed by atoms with van der Waals surface area (Å²) in [7, 11) is 0. The molecule has 216 valence electrons. The topological polar surface area (TPSA) is 186 Å². The van der Waals surface area contributed by atoms with Crippen molar-refractivity contribution in [2.24, 2.45) is 4.99 Å². The third-order valence-electron chi connectivity index (χ3n) is 6.85. The van der Waals surface area contributed by atoms with E-state index in [1.165, 1.54) is 24.0 Å². The maximum Gasteiger partial charge on any atom is 0.165 e. The van der Waals surface area contributed by atoms with E-state index in [9.17, 15) is 9.59 Å². The quantitative estimate of drug-likeness (QED) is 0.199. The van der Waals surface area contributed by atoms with E-state index < -0.39 is 0 Å². The van der Waals surface area contributed by atoms with Crippen LogP contribution in [-0.2, 0) is 35.5 Å². The van der Waals surface area contributed by atoms with E-state index in [1.807, 2.05) is 45.5 Å². The van der Waals surface area contributed by atoms with Crippen LogP contribution in [0.15, 0.2) is 66.7 Å². The van der Waals surface area contributed by atoms with Crippen LogP contribution in [0.25, 0.3) is 22.3 Å². The summed E-state index contributed by atoms with van der Waals surface area (Å²) < 4.78 is 3.62. The fourth-order valence-electron chi connectivity index (χ4n) is 4.61. The molecule has 0 radical (unpaired) electrons. The monoisotopic (exact) mass is 593 g/mol. The second kappa shape index (κ2) is 12.2. The number of Topliss-reactive ketones (excluding diaryl/α,β-unsaturated/α-hetero) is 2. The van der Waals surface area contributed by atoms with Gasteiger partial charge < -0.3 is 20.6 Å². The summed E-state index contributed by atoms with van der Waals surface area (Å²) in [5.41, 5.74) is 15.7. The number of carbonyl (C=O) groups excluding carboxylic acids is 2. The molecule has 0 saturated heterocycles. The second-order valence-corrected chi connectivity index (χ2v) is 11.1. The van der Waals surface area contributed by atoms with Gasteiger partial charge >= 0.3 is 0 Å². The number of thiophene rings is 1. The third kappa shape index (κ3) is 6.43. The Balaban J connectivity index is 0.970. The number of carbonyl (C=O) groups is 2. The summed E-state index contributed by atoms with van der Waals surface area (Å²) >= 11 is 1.53. The lowest BCUT2D eigenvalue weighted by atomic mass is 10.1. The molecule has 0 unspecified atom stereocenters. The largest absolute Gasteiger partial charge is 0.382 e. The van der Waals surface area contributed by atoms with Crippen LogP contribution < -0.4 is 11.5 Å². The molecule has 0 spiro atoms. The molecular weight excluding hydrogens is 566 g/mol. The van der Waals surface area contributed by atoms with Crippen LogP contribution in [0.5, 0.6) is 0 Å². The van der Waals surface area contributed by atoms with Crippen molar-refractivity contribution in [2.45, 2.75) is 38.8 Å². The maximum absolute atomic E-state index is 12.6. The van der Waals surface area contributed by atoms with Gasteiger partial charge in [0.1, 0.15) is 35.3 Å². The maximum atomic E-state index is 12.6. The molecule has 5 heterocycles. The highest BCUT2D eigenvalue weighted by Crippen LogP contribution is 2.20. The first kappa shape index (κ1) is 27.8. The van der Waals surface area contributed by atoms with Gasteiger partial charge in [-0.2, -0.15) is 0 Å². The molecule has 13 nitrogen and oxygen atoms in total. The molecular formula is C29H27N11O2S. The number of anilines is 2. The summed E-state index contributed by atoms with van der Waals surface area (Å²) in [5, 5.41) is 0. The molecule has 4 N–H and O–H groups in total. The average molecular weight is 594 g/mol. The minimum atomic E-state index is 0.109. The van der Waals surface area contributed by atoms with Crippen molar-refractivity contribution in [3.8, 4) is 0 Å². The summed E-state index contributed by atoms with van der Waals surface area (Å²) in [6, 6.07) is 11.5. The van der Waals surface area contributed by atoms with Crippen LogP contribution in [0, 0.1) is 0 Å². The molecule has 0 saturated carbocycles. The predicted molar refractivity (Wildman–Crippen MR) is 164 cm³/mol. The zero-order valence-corrected chi connectivity index (χ0v) is 23.8. The van der Waals surface area contributed by atoms with Crippen molar-refractivity contribution in [1.82, 2.24) is 39.0 Å². The van der Waals surface area contributed by atoms with Crippen molar-refractivity contribution >= 4 is 68.8 Å². The van der Waals surface area contributed by atoms with Gasteiger partial charge in [-0.15, -0.1) is 11.3 Å². The minimum Gasteiger partial charge on any atom is -0.382 e. The number of hydrogen-bond acceptors (Lipinski definition) is 12. The van der Waals surface area contributed by atoms with Crippen LogP contribution in [-0.4, -0.2) is 56.8 Å². The standard InChI is InChI=1S/C29H27N11O2S/c30-26-24-28(35-14-33-26)39(16-37-24)9-7-20(41)11-18-1-3-19(4-2-18)32-13-23-6-5-22(43-23)12-21(42)8-10-40-17-38-25-27(31)34-15-36-29(25)40/h1-6,13-17H,7-12H2,(H2,30,33,35)(H2,31,34,36). The predicted octanol–water partition coefficient (Wildman–Crippen LogP) is 3.35. The van der Waals surface area contributed by atoms with E-state index in [1.54, 1.807) is 18.9 Å². The smallest absolute Gasteiger partial charge is 0.165 e. The van der Waals surface area contributed by atoms with Gasteiger partial charge in [-0.25, -0.2) is 29.9 Å². The first-order chi connectivity index (χ1) is 20.9. The summed E-state index contributed by atoms with van der Waals surface area (Å²) in [6.45, 7) is 0.940. The number of hydrogen-bond donors (Lipinski definition) is 2. The lowest BCUT2D eigenvalue weighted by Crippen LogP contribution is -2.08. The fourth-order valence-corrected chi connectivity index (χ4v) is 5.52. The Labute approximate surface area is 249 Å². The molecule has 0 fully saturated rings. The molecule has 6 rings (SSSR count). The molecule has 43 heavy (non-hydrogen) atoms. The van der Waals surface area contributed by atoms with Crippen molar-refractivity contribution in [1.29, 1.82) is 0 Å². The van der Waals surface area contributed by atoms with E-state index in [0.717, 1.165) is 21.0 Å². The van der Waals surface area contributed by atoms with E-state index in [4.69, 9.17) is 11.5 Å². The molecule has 0 aliphatic heterocycles. The number of imidazole rings is 2. The normalized spacial score (nSPS) is 11.6. The van der Waals surface area contributed by atoms with E-state index in [-0.39, 0.29) is 11.6 Å². The van der Waals surface area contributed by atoms with Gasteiger partial charge in [0.05, 0.1) is 18.3 Å². The number of benzene rings is 1. The molecule has 1 aromatic carbocycles. The number of nitrogens with two attached hydrogens (primary N) is 2. The third-order valence-corrected chi connectivity index (χ3v) is 7.87. The number of nitrogen functional groups attached to an aromatic ring is 2. The Hall–Kier alpha value is -5.37. The van der Waals surface area contributed by atoms with Crippen LogP contribution in [0.4, 0.5) is 17.3 Å². The molecule has 14 heteroatoms. The first-order valence-electron chi connectivity index (χ1n) is 13.5. The molecule has 0 atom stereocenters. The number of aromatic nitrogens is 8. The summed E-state index contributed by atoms with van der Waals surface area (Å²) in [4.78, 5) is 56.5. The number of aryl methyl sites for hydroxylation is 2. The van der Waals surface area contributed by atoms with Gasteiger partial charge in [0.25, 0.3) is 0 Å². The van der Waals surface area contributed by atoms with E-state index >= 15 is 0 Å². The van der Waals surface area contributed by atoms with Gasteiger partial charge in [0, 0.05) is 54.7 Å². The lowest BCUT2D eigenvalue weighted by Gasteiger charge is -2.04. The highest BCUT2D eigenvalue weighted by Gasteiger charge is 2.12. The van der Waals surface area contributed by atoms with E-state index in [2.05, 4.69) is 34.9 Å². The summed E-state index contributed by atoms with van der Waals surface area (Å²) in [6.07, 6.45) is 9.21. The van der Waals surface area contributed by atoms with Crippen LogP contribution >= 0.6 is 11.3 Å². The van der Waals surface area contributed by atoms with Crippen LogP contribution in [0.3, 0.4) is 0 Å². The van der Waals surface area contributed by atoms with Gasteiger partial charge in [0.2, 0.25) is 0 Å². The Morgan fingerprint density at radius 1 is 0.744 bits per heavy atom. The molecule has 5 aromatic heterocycles. The fraction of sp³-hybridized carbons (Fsp3) is 0.207. The van der Waals surface area contributed by atoms with Crippen LogP contribution in [0.2, 0.25) is 0 Å². The Bertz CT molecular complexity index is 1960. The number of rotatable bonds is 12. The Kier molecular flexibility index (Phi) is 7.91. The highest BCUT2D eigenvalue weighted by atomic mass is 32.1. The van der Waals surface area contributed by atoms with Crippen molar-refractivity contribution in [3.05, 3.63) is 77.0 Å². The number of nitrogens with zero attached hydrogens (tertiary/aromatic N) is 9. The molecule has 0 amide bonds. The van der Waals surface area contributed by atoms with Gasteiger partial charge in [-0.05, 0) is 29.8 Å². The van der Waals surface area contributed by atoms with E-state index in [0.29, 0.717) is 72.7 Å². The van der Waals surface area contributed by atoms with Crippen molar-refractivity contribution in [2.75, 3.05) is 11.5 Å². The SMILES string of the molecule is Nc1ncnc2c1ncn2CCC(=O)Cc1ccc(N=Cc2ccc(CC(=O)CCn3cnc4c(N)ncnc43)s2)cc1. The first-order valence-corrected chi connectivity index (χ1v) is 14.3. The second-order valence-electron chi connectivity index (χ2n) is 9.90. The molecule has 0 aliphatic rings. The summed E-state index contributed by atoms with van der Waals surface area (Å²) in [5.74, 6) is 0.875. The Morgan fingerprint density at radius 3 is 1.93 bits per heavy atom. The van der Waals surface area contributed by atoms with Gasteiger partial charge in [0.15, 0.2) is 22.9 Å². The molecule has 0 bridgehead atoms. The Morgan fingerprint density at radius 2 is 1.33 bits per heavy atom. The van der Waals surface area contributed by atoms with Gasteiger partial charge in [-0.3, -0.25) is 14.6 Å². The van der Waals surface area contributed by atoms with Gasteiger partial charge in [-0.1, -0.05) is 12.1 Å². The average Bonchev–Trinajstić information content (AvgIpc) is 3.74. The zero-order chi connectivity index (χ0) is 29.8. The lowest BCUT2D eigenvalue weighted by molar-refractivity contribution is -0.119. The number of aliphatic imine (C=N–C) groups is 1. The highest BCUT2D eigenvalue weighted by molar-refractivity contribution is 7.13.